The number of aromatic nitrogens is 2. The molecule has 7 nitrogen and oxygen atoms in total. The second kappa shape index (κ2) is 6.45. The fourth-order valence-corrected chi connectivity index (χ4v) is 2.79. The molecule has 4 heterocycles. The van der Waals surface area contributed by atoms with Gasteiger partial charge >= 0.3 is 0 Å². The van der Waals surface area contributed by atoms with E-state index >= 15 is 0 Å². The van der Waals surface area contributed by atoms with Gasteiger partial charge in [-0.05, 0) is 30.7 Å². The third-order valence-electron chi connectivity index (χ3n) is 3.98. The van der Waals surface area contributed by atoms with E-state index in [2.05, 4.69) is 4.98 Å². The fourth-order valence-electron chi connectivity index (χ4n) is 2.79. The monoisotopic (exact) mass is 330 g/mol. The summed E-state index contributed by atoms with van der Waals surface area (Å²) in [6.45, 7) is 3.29. The van der Waals surface area contributed by atoms with Crippen molar-refractivity contribution in [1.82, 2.24) is 9.55 Å². The molecule has 4 rings (SSSR count). The van der Waals surface area contributed by atoms with Crippen molar-refractivity contribution in [3.8, 4) is 0 Å². The lowest BCUT2D eigenvalue weighted by Gasteiger charge is -2.31. The standard InChI is InChI=1S/C17H18N2O5/c1-11-23-16(24-11)5-2-12-8-14-13(18-9-12)3-4-15(20)19(14)10-17-21-6-7-22-17/h2-5,8-9,11,16-17H,6-7,10H2,1H3/b5-2+. The number of fused-ring (bicyclic) bond motifs is 1. The van der Waals surface area contributed by atoms with Gasteiger partial charge < -0.3 is 23.5 Å². The summed E-state index contributed by atoms with van der Waals surface area (Å²) in [4.78, 5) is 16.7. The first-order chi connectivity index (χ1) is 11.7. The lowest BCUT2D eigenvalue weighted by atomic mass is 10.2. The van der Waals surface area contributed by atoms with Crippen LogP contribution in [0.2, 0.25) is 0 Å². The van der Waals surface area contributed by atoms with Gasteiger partial charge in [-0.2, -0.15) is 0 Å². The summed E-state index contributed by atoms with van der Waals surface area (Å²) in [7, 11) is 0. The zero-order valence-corrected chi connectivity index (χ0v) is 13.3. The Labute approximate surface area is 138 Å². The van der Waals surface area contributed by atoms with Gasteiger partial charge in [0.25, 0.3) is 5.56 Å². The predicted octanol–water partition coefficient (Wildman–Crippen LogP) is 1.50. The van der Waals surface area contributed by atoms with Crippen molar-refractivity contribution >= 4 is 17.1 Å². The Morgan fingerprint density at radius 3 is 2.83 bits per heavy atom. The maximum Gasteiger partial charge on any atom is 0.251 e. The van der Waals surface area contributed by atoms with Crippen LogP contribution in [0.15, 0.2) is 35.3 Å². The van der Waals surface area contributed by atoms with Crippen molar-refractivity contribution < 1.29 is 18.9 Å². The van der Waals surface area contributed by atoms with E-state index in [4.69, 9.17) is 18.9 Å². The van der Waals surface area contributed by atoms with Crippen LogP contribution in [-0.2, 0) is 25.5 Å². The minimum Gasteiger partial charge on any atom is -0.348 e. The molecule has 2 fully saturated rings. The highest BCUT2D eigenvalue weighted by Crippen LogP contribution is 2.19. The van der Waals surface area contributed by atoms with E-state index < -0.39 is 6.29 Å². The highest BCUT2D eigenvalue weighted by Gasteiger charge is 2.23. The van der Waals surface area contributed by atoms with Crippen molar-refractivity contribution in [2.24, 2.45) is 0 Å². The molecule has 0 aliphatic carbocycles. The number of rotatable bonds is 4. The van der Waals surface area contributed by atoms with Crippen molar-refractivity contribution in [3.63, 3.8) is 0 Å². The molecular formula is C17H18N2O5. The molecule has 2 aliphatic heterocycles. The van der Waals surface area contributed by atoms with Crippen LogP contribution < -0.4 is 5.56 Å². The zero-order chi connectivity index (χ0) is 16.5. The van der Waals surface area contributed by atoms with Crippen LogP contribution >= 0.6 is 0 Å². The Balaban J connectivity index is 1.64. The molecule has 2 aromatic heterocycles. The van der Waals surface area contributed by atoms with E-state index in [1.165, 1.54) is 6.07 Å². The second-order valence-corrected chi connectivity index (χ2v) is 5.69. The molecule has 7 heteroatoms. The van der Waals surface area contributed by atoms with Gasteiger partial charge in [0, 0.05) is 12.3 Å². The van der Waals surface area contributed by atoms with E-state index in [-0.39, 0.29) is 18.1 Å². The molecule has 0 N–H and O–H groups in total. The molecule has 2 saturated heterocycles. The topological polar surface area (TPSA) is 71.8 Å². The Morgan fingerprint density at radius 2 is 2.08 bits per heavy atom. The molecule has 0 amide bonds. The van der Waals surface area contributed by atoms with Crippen molar-refractivity contribution in [2.75, 3.05) is 13.2 Å². The number of hydrogen-bond acceptors (Lipinski definition) is 6. The summed E-state index contributed by atoms with van der Waals surface area (Å²) in [6.07, 6.45) is 4.55. The Kier molecular flexibility index (Phi) is 4.15. The van der Waals surface area contributed by atoms with E-state index in [0.29, 0.717) is 19.8 Å². The summed E-state index contributed by atoms with van der Waals surface area (Å²) >= 11 is 0. The number of pyridine rings is 2. The quantitative estimate of drug-likeness (QED) is 0.846. The normalized spacial score (nSPS) is 24.7. The molecule has 0 unspecified atom stereocenters. The summed E-state index contributed by atoms with van der Waals surface area (Å²) in [5.74, 6) is 0. The average Bonchev–Trinajstić information content (AvgIpc) is 3.06. The lowest BCUT2D eigenvalue weighted by Crippen LogP contribution is -2.36. The molecule has 0 atom stereocenters. The van der Waals surface area contributed by atoms with Gasteiger partial charge in [-0.25, -0.2) is 0 Å². The summed E-state index contributed by atoms with van der Waals surface area (Å²) in [6, 6.07) is 5.15. The molecule has 0 spiro atoms. The average molecular weight is 330 g/mol. The third-order valence-corrected chi connectivity index (χ3v) is 3.98. The highest BCUT2D eigenvalue weighted by atomic mass is 16.9. The van der Waals surface area contributed by atoms with Gasteiger partial charge in [0.05, 0.1) is 30.8 Å². The minimum atomic E-state index is -0.397. The minimum absolute atomic E-state index is 0.107. The van der Waals surface area contributed by atoms with Crippen LogP contribution in [0.3, 0.4) is 0 Å². The molecule has 0 saturated carbocycles. The first-order valence-electron chi connectivity index (χ1n) is 7.91. The molecular weight excluding hydrogens is 312 g/mol. The van der Waals surface area contributed by atoms with Crippen molar-refractivity contribution in [2.45, 2.75) is 32.3 Å². The van der Waals surface area contributed by atoms with Gasteiger partial charge in [0.15, 0.2) is 18.9 Å². The van der Waals surface area contributed by atoms with Crippen LogP contribution in [-0.4, -0.2) is 41.6 Å². The molecule has 0 aromatic carbocycles. The second-order valence-electron chi connectivity index (χ2n) is 5.69. The van der Waals surface area contributed by atoms with Gasteiger partial charge in [-0.15, -0.1) is 0 Å². The van der Waals surface area contributed by atoms with Gasteiger partial charge in [-0.1, -0.05) is 6.08 Å². The first kappa shape index (κ1) is 15.5. The number of ether oxygens (including phenoxy) is 4. The van der Waals surface area contributed by atoms with Crippen molar-refractivity contribution in [3.05, 3.63) is 46.4 Å². The summed E-state index contributed by atoms with van der Waals surface area (Å²) in [5, 5.41) is 0. The van der Waals surface area contributed by atoms with Crippen molar-refractivity contribution in [1.29, 1.82) is 0 Å². The first-order valence-corrected chi connectivity index (χ1v) is 7.91. The maximum atomic E-state index is 12.3. The van der Waals surface area contributed by atoms with Crippen LogP contribution in [0.1, 0.15) is 12.5 Å². The largest absolute Gasteiger partial charge is 0.348 e. The summed E-state index contributed by atoms with van der Waals surface area (Å²) in [5.41, 5.74) is 2.24. The van der Waals surface area contributed by atoms with Crippen LogP contribution in [0, 0.1) is 0 Å². The Hall–Kier alpha value is -2.06. The highest BCUT2D eigenvalue weighted by molar-refractivity contribution is 5.77. The molecule has 24 heavy (non-hydrogen) atoms. The Bertz CT molecular complexity index is 819. The molecule has 0 bridgehead atoms. The van der Waals surface area contributed by atoms with E-state index in [9.17, 15) is 4.79 Å². The summed E-state index contributed by atoms with van der Waals surface area (Å²) < 4.78 is 23.3. The van der Waals surface area contributed by atoms with Gasteiger partial charge in [0.1, 0.15) is 0 Å². The van der Waals surface area contributed by atoms with Crippen LogP contribution in [0.5, 0.6) is 0 Å². The van der Waals surface area contributed by atoms with E-state index in [0.717, 1.165) is 16.6 Å². The number of hydrogen-bond donors (Lipinski definition) is 0. The van der Waals surface area contributed by atoms with Crippen LogP contribution in [0.25, 0.3) is 17.1 Å². The van der Waals surface area contributed by atoms with Gasteiger partial charge in [0.2, 0.25) is 0 Å². The lowest BCUT2D eigenvalue weighted by molar-refractivity contribution is -0.354. The third kappa shape index (κ3) is 3.11. The molecule has 126 valence electrons. The zero-order valence-electron chi connectivity index (χ0n) is 13.3. The smallest absolute Gasteiger partial charge is 0.251 e. The fraction of sp³-hybridized carbons (Fsp3) is 0.412. The molecule has 0 radical (unpaired) electrons. The maximum absolute atomic E-state index is 12.3. The SMILES string of the molecule is CC1OC(/C=C/c2cnc3ccc(=O)n(CC4OCCO4)c3c2)O1. The van der Waals surface area contributed by atoms with Crippen LogP contribution in [0.4, 0.5) is 0 Å². The molecule has 2 aliphatic rings. The van der Waals surface area contributed by atoms with E-state index in [1.54, 1.807) is 16.8 Å². The Morgan fingerprint density at radius 1 is 1.29 bits per heavy atom. The van der Waals surface area contributed by atoms with E-state index in [1.807, 2.05) is 25.1 Å². The van der Waals surface area contributed by atoms with Gasteiger partial charge in [-0.3, -0.25) is 9.78 Å². The number of nitrogens with zero attached hydrogens (tertiary/aromatic N) is 2. The predicted molar refractivity (Wildman–Crippen MR) is 86.1 cm³/mol. The molecule has 2 aromatic rings.